The number of aromatic hydroxyl groups is 1. The van der Waals surface area contributed by atoms with Gasteiger partial charge in [-0.3, -0.25) is 0 Å². The van der Waals surface area contributed by atoms with E-state index in [4.69, 9.17) is 0 Å². The second kappa shape index (κ2) is 6.79. The zero-order valence-electron chi connectivity index (χ0n) is 12.5. The Morgan fingerprint density at radius 2 is 2.00 bits per heavy atom. The van der Waals surface area contributed by atoms with Gasteiger partial charge < -0.3 is 15.1 Å². The van der Waals surface area contributed by atoms with Gasteiger partial charge in [0.05, 0.1) is 5.60 Å². The molecule has 0 spiro atoms. The van der Waals surface area contributed by atoms with Crippen LogP contribution in [0.25, 0.3) is 0 Å². The highest BCUT2D eigenvalue weighted by atomic mass is 35.5. The fraction of sp³-hybridized carbons (Fsp3) is 0.625. The molecular formula is C16H26ClNO2. The van der Waals surface area contributed by atoms with E-state index in [0.717, 1.165) is 24.9 Å². The largest absolute Gasteiger partial charge is 0.508 e. The van der Waals surface area contributed by atoms with Gasteiger partial charge in [-0.2, -0.15) is 0 Å². The van der Waals surface area contributed by atoms with Crippen LogP contribution in [-0.4, -0.2) is 35.8 Å². The molecule has 0 bridgehead atoms. The lowest BCUT2D eigenvalue weighted by atomic mass is 9.65. The third kappa shape index (κ3) is 3.27. The zero-order chi connectivity index (χ0) is 14.0. The minimum Gasteiger partial charge on any atom is -0.508 e. The molecule has 0 unspecified atom stereocenters. The number of aliphatic hydroxyl groups is 1. The molecule has 0 saturated heterocycles. The fourth-order valence-electron chi connectivity index (χ4n) is 3.46. The van der Waals surface area contributed by atoms with Crippen molar-refractivity contribution in [1.82, 2.24) is 4.90 Å². The monoisotopic (exact) mass is 299 g/mol. The number of halogens is 1. The van der Waals surface area contributed by atoms with E-state index >= 15 is 0 Å². The Morgan fingerprint density at radius 3 is 2.60 bits per heavy atom. The zero-order valence-corrected chi connectivity index (χ0v) is 13.4. The van der Waals surface area contributed by atoms with Crippen molar-refractivity contribution in [3.8, 4) is 5.75 Å². The molecule has 1 aliphatic carbocycles. The summed E-state index contributed by atoms with van der Waals surface area (Å²) in [5.74, 6) is 0.661. The molecule has 114 valence electrons. The summed E-state index contributed by atoms with van der Waals surface area (Å²) in [6, 6.07) is 7.12. The summed E-state index contributed by atoms with van der Waals surface area (Å²) in [4.78, 5) is 2.14. The number of hydrogen-bond acceptors (Lipinski definition) is 3. The molecule has 1 fully saturated rings. The molecule has 1 aliphatic rings. The lowest BCUT2D eigenvalue weighted by Crippen LogP contribution is -2.47. The first-order valence-electron chi connectivity index (χ1n) is 7.11. The normalized spacial score (nSPS) is 30.1. The van der Waals surface area contributed by atoms with Crippen molar-refractivity contribution in [3.63, 3.8) is 0 Å². The first-order chi connectivity index (χ1) is 8.94. The van der Waals surface area contributed by atoms with Crippen molar-refractivity contribution in [2.45, 2.75) is 31.8 Å². The van der Waals surface area contributed by atoms with Crippen molar-refractivity contribution in [2.24, 2.45) is 11.8 Å². The predicted octanol–water partition coefficient (Wildman–Crippen LogP) is 3.00. The molecule has 0 aromatic heterocycles. The molecule has 1 saturated carbocycles. The summed E-state index contributed by atoms with van der Waals surface area (Å²) < 4.78 is 0. The molecule has 1 aromatic carbocycles. The average molecular weight is 300 g/mol. The highest BCUT2D eigenvalue weighted by molar-refractivity contribution is 5.85. The third-order valence-electron chi connectivity index (χ3n) is 4.46. The Kier molecular flexibility index (Phi) is 5.87. The highest BCUT2D eigenvalue weighted by Crippen LogP contribution is 2.46. The van der Waals surface area contributed by atoms with Crippen molar-refractivity contribution in [1.29, 1.82) is 0 Å². The molecule has 0 amide bonds. The highest BCUT2D eigenvalue weighted by Gasteiger charge is 2.45. The Morgan fingerprint density at radius 1 is 1.30 bits per heavy atom. The van der Waals surface area contributed by atoms with Crippen LogP contribution in [0.5, 0.6) is 5.75 Å². The van der Waals surface area contributed by atoms with E-state index in [9.17, 15) is 10.2 Å². The molecule has 1 aromatic rings. The molecule has 4 heteroatoms. The number of benzene rings is 1. The molecule has 0 radical (unpaired) electrons. The summed E-state index contributed by atoms with van der Waals surface area (Å²) in [5.41, 5.74) is 0.0212. The van der Waals surface area contributed by atoms with E-state index in [1.54, 1.807) is 12.1 Å². The number of nitrogens with zero attached hydrogens (tertiary/aromatic N) is 1. The molecule has 3 atom stereocenters. The first-order valence-corrected chi connectivity index (χ1v) is 7.11. The minimum absolute atomic E-state index is 0. The molecular weight excluding hydrogens is 274 g/mol. The van der Waals surface area contributed by atoms with Gasteiger partial charge in [0.15, 0.2) is 0 Å². The summed E-state index contributed by atoms with van der Waals surface area (Å²) in [7, 11) is 4.09. The maximum absolute atomic E-state index is 11.3. The fourth-order valence-corrected chi connectivity index (χ4v) is 3.46. The van der Waals surface area contributed by atoms with Crippen LogP contribution in [-0.2, 0) is 5.60 Å². The van der Waals surface area contributed by atoms with Crippen LogP contribution < -0.4 is 0 Å². The van der Waals surface area contributed by atoms with Crippen LogP contribution in [0.4, 0.5) is 0 Å². The van der Waals surface area contributed by atoms with E-state index in [1.165, 1.54) is 6.42 Å². The average Bonchev–Trinajstić information content (AvgIpc) is 2.34. The Labute approximate surface area is 128 Å². The molecule has 0 heterocycles. The van der Waals surface area contributed by atoms with E-state index in [2.05, 4.69) is 11.8 Å². The third-order valence-corrected chi connectivity index (χ3v) is 4.46. The lowest BCUT2D eigenvalue weighted by molar-refractivity contribution is -0.102. The second-order valence-electron chi connectivity index (χ2n) is 6.17. The molecule has 2 N–H and O–H groups in total. The van der Waals surface area contributed by atoms with E-state index in [1.807, 2.05) is 26.2 Å². The predicted molar refractivity (Wildman–Crippen MR) is 84.3 cm³/mol. The van der Waals surface area contributed by atoms with E-state index in [0.29, 0.717) is 0 Å². The standard InChI is InChI=1S/C16H25NO2.ClH/c1-12-6-4-8-14(11-17(2)3)16(12,19)13-7-5-9-15(18)10-13;/h5,7,9-10,12,14,18-19H,4,6,8,11H2,1-3H3;1H/t12-,14-,16+;/m0./s1. The van der Waals surface area contributed by atoms with Gasteiger partial charge in [0.1, 0.15) is 5.75 Å². The smallest absolute Gasteiger partial charge is 0.115 e. The number of hydrogen-bond donors (Lipinski definition) is 2. The Hall–Kier alpha value is -0.770. The van der Waals surface area contributed by atoms with Crippen LogP contribution in [0, 0.1) is 11.8 Å². The van der Waals surface area contributed by atoms with E-state index < -0.39 is 5.60 Å². The summed E-state index contributed by atoms with van der Waals surface area (Å²) >= 11 is 0. The maximum Gasteiger partial charge on any atom is 0.115 e. The van der Waals surface area contributed by atoms with Crippen molar-refractivity contribution in [3.05, 3.63) is 29.8 Å². The SMILES string of the molecule is C[C@H]1CCC[C@@H](CN(C)C)[C@]1(O)c1cccc(O)c1.Cl. The van der Waals surface area contributed by atoms with Gasteiger partial charge in [-0.25, -0.2) is 0 Å². The second-order valence-corrected chi connectivity index (χ2v) is 6.17. The molecule has 20 heavy (non-hydrogen) atoms. The molecule has 3 nitrogen and oxygen atoms in total. The summed E-state index contributed by atoms with van der Waals surface area (Å²) in [6.07, 6.45) is 3.24. The van der Waals surface area contributed by atoms with Crippen LogP contribution >= 0.6 is 12.4 Å². The Balaban J connectivity index is 0.00000200. The molecule has 2 rings (SSSR count). The maximum atomic E-state index is 11.3. The first kappa shape index (κ1) is 17.3. The van der Waals surface area contributed by atoms with Crippen LogP contribution in [0.2, 0.25) is 0 Å². The van der Waals surface area contributed by atoms with Crippen LogP contribution in [0.1, 0.15) is 31.7 Å². The topological polar surface area (TPSA) is 43.7 Å². The number of phenols is 1. The van der Waals surface area contributed by atoms with Gasteiger partial charge in [0.25, 0.3) is 0 Å². The number of rotatable bonds is 3. The van der Waals surface area contributed by atoms with Gasteiger partial charge >= 0.3 is 0 Å². The minimum atomic E-state index is -0.832. The van der Waals surface area contributed by atoms with Gasteiger partial charge in [-0.05, 0) is 50.6 Å². The van der Waals surface area contributed by atoms with Crippen molar-refractivity contribution in [2.75, 3.05) is 20.6 Å². The van der Waals surface area contributed by atoms with Crippen LogP contribution in [0.15, 0.2) is 24.3 Å². The summed E-state index contributed by atoms with van der Waals surface area (Å²) in [5, 5.41) is 21.0. The van der Waals surface area contributed by atoms with Gasteiger partial charge in [-0.15, -0.1) is 12.4 Å². The van der Waals surface area contributed by atoms with Gasteiger partial charge in [0, 0.05) is 12.5 Å². The van der Waals surface area contributed by atoms with Gasteiger partial charge in [0.2, 0.25) is 0 Å². The van der Waals surface area contributed by atoms with Crippen LogP contribution in [0.3, 0.4) is 0 Å². The lowest BCUT2D eigenvalue weighted by Gasteiger charge is -2.46. The van der Waals surface area contributed by atoms with E-state index in [-0.39, 0.29) is 30.0 Å². The Bertz CT molecular complexity index is 438. The molecule has 0 aliphatic heterocycles. The van der Waals surface area contributed by atoms with Gasteiger partial charge in [-0.1, -0.05) is 25.5 Å². The van der Waals surface area contributed by atoms with Crippen molar-refractivity contribution >= 4 is 12.4 Å². The quantitative estimate of drug-likeness (QED) is 0.902. The van der Waals surface area contributed by atoms with Crippen molar-refractivity contribution < 1.29 is 10.2 Å². The summed E-state index contributed by atoms with van der Waals surface area (Å²) in [6.45, 7) is 2.99. The number of phenolic OH excluding ortho intramolecular Hbond substituents is 1.